The van der Waals surface area contributed by atoms with Crippen molar-refractivity contribution in [2.45, 2.75) is 24.9 Å². The molecule has 3 rings (SSSR count). The lowest BCUT2D eigenvalue weighted by molar-refractivity contribution is 0.204. The standard InChI is InChI=1S/C20H27N7O3S.HI/c1-3-21-20(23-15-19-26-25-18-9-4-5-11-27(18)19)22-14-16-7-6-8-17(13-16)31(28,29)24-10-12-30-2;/h4-9,11,13,24H,3,10,12,14-15H2,1-2H3,(H2,21,22,23);1H. The molecule has 32 heavy (non-hydrogen) atoms. The van der Waals surface area contributed by atoms with E-state index in [9.17, 15) is 8.42 Å². The summed E-state index contributed by atoms with van der Waals surface area (Å²) in [4.78, 5) is 4.76. The lowest BCUT2D eigenvalue weighted by Gasteiger charge is -2.11. The van der Waals surface area contributed by atoms with Crippen LogP contribution in [-0.2, 0) is 27.8 Å². The Kier molecular flexibility index (Phi) is 10.3. The van der Waals surface area contributed by atoms with Gasteiger partial charge in [-0.25, -0.2) is 18.1 Å². The van der Waals surface area contributed by atoms with Crippen molar-refractivity contribution in [3.05, 3.63) is 60.0 Å². The molecule has 0 saturated carbocycles. The highest BCUT2D eigenvalue weighted by Crippen LogP contribution is 2.12. The van der Waals surface area contributed by atoms with Gasteiger partial charge in [0.1, 0.15) is 0 Å². The number of benzene rings is 1. The van der Waals surface area contributed by atoms with E-state index < -0.39 is 10.0 Å². The zero-order chi connectivity index (χ0) is 22.1. The molecule has 0 fully saturated rings. The van der Waals surface area contributed by atoms with Gasteiger partial charge in [-0.05, 0) is 36.8 Å². The zero-order valence-electron chi connectivity index (χ0n) is 18.0. The summed E-state index contributed by atoms with van der Waals surface area (Å²) in [6.07, 6.45) is 1.91. The SMILES string of the molecule is CCNC(=NCc1cccc(S(=O)(=O)NCCOC)c1)NCc1nnc2ccccn12.I. The number of methoxy groups -OCH3 is 1. The number of sulfonamides is 1. The summed E-state index contributed by atoms with van der Waals surface area (Å²) in [7, 11) is -2.07. The fourth-order valence-corrected chi connectivity index (χ4v) is 3.94. The maximum atomic E-state index is 12.4. The first-order valence-electron chi connectivity index (χ1n) is 9.92. The van der Waals surface area contributed by atoms with Crippen LogP contribution in [0, 0.1) is 0 Å². The van der Waals surface area contributed by atoms with Crippen LogP contribution >= 0.6 is 24.0 Å². The third kappa shape index (κ3) is 7.12. The van der Waals surface area contributed by atoms with Gasteiger partial charge in [-0.3, -0.25) is 4.40 Å². The maximum Gasteiger partial charge on any atom is 0.240 e. The van der Waals surface area contributed by atoms with E-state index in [4.69, 9.17) is 4.74 Å². The van der Waals surface area contributed by atoms with Crippen LogP contribution in [0.2, 0.25) is 0 Å². The van der Waals surface area contributed by atoms with Crippen LogP contribution in [0.1, 0.15) is 18.3 Å². The molecule has 2 heterocycles. The van der Waals surface area contributed by atoms with Crippen LogP contribution in [0.25, 0.3) is 5.65 Å². The highest BCUT2D eigenvalue weighted by Gasteiger charge is 2.13. The third-order valence-corrected chi connectivity index (χ3v) is 5.83. The van der Waals surface area contributed by atoms with E-state index in [0.29, 0.717) is 32.2 Å². The molecule has 0 bridgehead atoms. The minimum absolute atomic E-state index is 0. The Bertz CT molecular complexity index is 1130. The fraction of sp³-hybridized carbons (Fsp3) is 0.350. The minimum atomic E-state index is -3.59. The van der Waals surface area contributed by atoms with E-state index in [-0.39, 0.29) is 35.4 Å². The summed E-state index contributed by atoms with van der Waals surface area (Å²) in [5.74, 6) is 1.36. The molecule has 0 aliphatic heterocycles. The second kappa shape index (κ2) is 12.7. The molecule has 2 aromatic heterocycles. The van der Waals surface area contributed by atoms with E-state index in [2.05, 4.69) is 30.5 Å². The molecule has 174 valence electrons. The lowest BCUT2D eigenvalue weighted by atomic mass is 10.2. The van der Waals surface area contributed by atoms with Gasteiger partial charge >= 0.3 is 0 Å². The van der Waals surface area contributed by atoms with Gasteiger partial charge in [0.25, 0.3) is 0 Å². The van der Waals surface area contributed by atoms with Crippen LogP contribution in [0.3, 0.4) is 0 Å². The highest BCUT2D eigenvalue weighted by molar-refractivity contribution is 14.0. The van der Waals surface area contributed by atoms with Crippen LogP contribution in [0.5, 0.6) is 0 Å². The molecule has 0 spiro atoms. The van der Waals surface area contributed by atoms with Crippen molar-refractivity contribution in [1.82, 2.24) is 30.0 Å². The summed E-state index contributed by atoms with van der Waals surface area (Å²) >= 11 is 0. The van der Waals surface area contributed by atoms with Crippen molar-refractivity contribution >= 4 is 45.6 Å². The Hall–Kier alpha value is -2.29. The lowest BCUT2D eigenvalue weighted by Crippen LogP contribution is -2.37. The first-order valence-corrected chi connectivity index (χ1v) is 11.4. The van der Waals surface area contributed by atoms with Gasteiger partial charge in [-0.2, -0.15) is 0 Å². The number of fused-ring (bicyclic) bond motifs is 1. The molecule has 0 saturated heterocycles. The fourth-order valence-electron chi connectivity index (χ4n) is 2.86. The van der Waals surface area contributed by atoms with Crippen molar-refractivity contribution in [3.8, 4) is 0 Å². The molecule has 10 nitrogen and oxygen atoms in total. The third-order valence-electron chi connectivity index (χ3n) is 4.37. The van der Waals surface area contributed by atoms with E-state index in [0.717, 1.165) is 17.0 Å². The second-order valence-corrected chi connectivity index (χ2v) is 8.40. The molecule has 0 amide bonds. The molecule has 3 N–H and O–H groups in total. The van der Waals surface area contributed by atoms with Gasteiger partial charge < -0.3 is 15.4 Å². The van der Waals surface area contributed by atoms with Crippen LogP contribution in [-0.4, -0.2) is 55.8 Å². The topological polar surface area (TPSA) is 122 Å². The summed E-state index contributed by atoms with van der Waals surface area (Å²) in [5, 5.41) is 14.8. The number of aromatic nitrogens is 3. The molecule has 12 heteroatoms. The number of rotatable bonds is 10. The zero-order valence-corrected chi connectivity index (χ0v) is 21.1. The predicted molar refractivity (Wildman–Crippen MR) is 134 cm³/mol. The Morgan fingerprint density at radius 2 is 2.00 bits per heavy atom. The summed E-state index contributed by atoms with van der Waals surface area (Å²) in [5.41, 5.74) is 1.55. The average molecular weight is 573 g/mol. The van der Waals surface area contributed by atoms with E-state index in [1.165, 1.54) is 7.11 Å². The van der Waals surface area contributed by atoms with Crippen molar-refractivity contribution in [2.24, 2.45) is 4.99 Å². The van der Waals surface area contributed by atoms with Gasteiger partial charge in [0.2, 0.25) is 10.0 Å². The molecule has 0 aliphatic carbocycles. The van der Waals surface area contributed by atoms with Gasteiger partial charge in [-0.15, -0.1) is 34.2 Å². The largest absolute Gasteiger partial charge is 0.383 e. The molecular formula is C20H28IN7O3S. The molecule has 0 radical (unpaired) electrons. The number of ether oxygens (including phenoxy) is 1. The summed E-state index contributed by atoms with van der Waals surface area (Å²) in [6.45, 7) is 3.94. The molecule has 3 aromatic rings. The van der Waals surface area contributed by atoms with Gasteiger partial charge in [0.05, 0.1) is 24.6 Å². The molecule has 0 unspecified atom stereocenters. The predicted octanol–water partition coefficient (Wildman–Crippen LogP) is 1.53. The van der Waals surface area contributed by atoms with Gasteiger partial charge in [0.15, 0.2) is 17.4 Å². The molecule has 1 aromatic carbocycles. The average Bonchev–Trinajstić information content (AvgIpc) is 3.19. The number of halogens is 1. The monoisotopic (exact) mass is 573 g/mol. The Morgan fingerprint density at radius 3 is 2.78 bits per heavy atom. The number of hydrogen-bond acceptors (Lipinski definition) is 6. The number of hydrogen-bond donors (Lipinski definition) is 3. The van der Waals surface area contributed by atoms with E-state index in [1.807, 2.05) is 41.8 Å². The number of pyridine rings is 1. The smallest absolute Gasteiger partial charge is 0.240 e. The first kappa shape index (κ1) is 26.0. The highest BCUT2D eigenvalue weighted by atomic mass is 127. The second-order valence-electron chi connectivity index (χ2n) is 6.63. The van der Waals surface area contributed by atoms with Crippen molar-refractivity contribution in [1.29, 1.82) is 0 Å². The van der Waals surface area contributed by atoms with Crippen molar-refractivity contribution in [3.63, 3.8) is 0 Å². The number of aliphatic imine (C=N–C) groups is 1. The Labute approximate surface area is 204 Å². The summed E-state index contributed by atoms with van der Waals surface area (Å²) < 4.78 is 34.1. The quantitative estimate of drug-likeness (QED) is 0.146. The van der Waals surface area contributed by atoms with Gasteiger partial charge in [-0.1, -0.05) is 18.2 Å². The van der Waals surface area contributed by atoms with Crippen LogP contribution < -0.4 is 15.4 Å². The normalized spacial score (nSPS) is 11.9. The molecular weight excluding hydrogens is 545 g/mol. The first-order chi connectivity index (χ1) is 15.0. The summed E-state index contributed by atoms with van der Waals surface area (Å²) in [6, 6.07) is 12.4. The Morgan fingerprint density at radius 1 is 1.16 bits per heavy atom. The van der Waals surface area contributed by atoms with Crippen molar-refractivity contribution < 1.29 is 13.2 Å². The van der Waals surface area contributed by atoms with Gasteiger partial charge in [0, 0.05) is 26.4 Å². The molecule has 0 aliphatic rings. The maximum absolute atomic E-state index is 12.4. The number of nitrogens with one attached hydrogen (secondary N) is 3. The minimum Gasteiger partial charge on any atom is -0.383 e. The van der Waals surface area contributed by atoms with Crippen LogP contribution in [0.15, 0.2) is 58.5 Å². The van der Waals surface area contributed by atoms with Crippen LogP contribution in [0.4, 0.5) is 0 Å². The Balaban J connectivity index is 0.00000363. The number of nitrogens with zero attached hydrogens (tertiary/aromatic N) is 4. The van der Waals surface area contributed by atoms with E-state index in [1.54, 1.807) is 18.2 Å². The molecule has 0 atom stereocenters. The van der Waals surface area contributed by atoms with Crippen molar-refractivity contribution in [2.75, 3.05) is 26.8 Å². The van der Waals surface area contributed by atoms with E-state index >= 15 is 0 Å². The number of guanidine groups is 1.